The zero-order chi connectivity index (χ0) is 24.2. The summed E-state index contributed by atoms with van der Waals surface area (Å²) >= 11 is 0. The monoisotopic (exact) mass is 475 g/mol. The lowest BCUT2D eigenvalue weighted by atomic mass is 9.83. The fourth-order valence-corrected chi connectivity index (χ4v) is 6.12. The number of nitrogens with zero attached hydrogens (tertiary/aromatic N) is 2. The molecule has 0 saturated carbocycles. The molecule has 0 spiro atoms. The third-order valence-electron chi connectivity index (χ3n) is 8.08. The van der Waals surface area contributed by atoms with Crippen molar-refractivity contribution in [2.75, 3.05) is 25.0 Å². The van der Waals surface area contributed by atoms with Gasteiger partial charge in [0, 0.05) is 18.0 Å². The number of pyridine rings is 1. The highest BCUT2D eigenvalue weighted by atomic mass is 16.1. The van der Waals surface area contributed by atoms with Gasteiger partial charge in [0.2, 0.25) is 0 Å². The predicted octanol–water partition coefficient (Wildman–Crippen LogP) is 5.55. The van der Waals surface area contributed by atoms with Crippen molar-refractivity contribution >= 4 is 27.6 Å². The average molecular weight is 476 g/mol. The van der Waals surface area contributed by atoms with Crippen molar-refractivity contribution in [2.24, 2.45) is 5.92 Å². The molecule has 3 saturated heterocycles. The number of aromatic amines is 2. The normalized spacial score (nSPS) is 21.3. The molecule has 3 fully saturated rings. The van der Waals surface area contributed by atoms with Crippen LogP contribution < -0.4 is 10.9 Å². The predicted molar refractivity (Wildman–Crippen MR) is 146 cm³/mol. The lowest BCUT2D eigenvalue weighted by Crippen LogP contribution is -2.53. The highest BCUT2D eigenvalue weighted by Gasteiger charge is 2.35. The first-order chi connectivity index (χ1) is 17.6. The number of anilines is 1. The van der Waals surface area contributed by atoms with Gasteiger partial charge in [-0.2, -0.15) is 0 Å². The van der Waals surface area contributed by atoms with E-state index in [2.05, 4.69) is 63.5 Å². The number of benzene rings is 3. The van der Waals surface area contributed by atoms with Crippen molar-refractivity contribution in [3.05, 3.63) is 82.6 Å². The standard InChI is InChI=1S/C30H29N5O/c1-18-6-2-3-7-21(18)20-10-11-23-22(16-20)28(31-26-17-35-14-12-19(26)13-15-35)27(30(36)34-23)29-32-24-8-4-5-9-25(24)33-29/h2-11,16,19,26H,12-15,17H2,1H3,(H,32,33)(H2,31,34,36)/t26-/m0/s1. The summed E-state index contributed by atoms with van der Waals surface area (Å²) in [5, 5.41) is 4.90. The van der Waals surface area contributed by atoms with Gasteiger partial charge in [-0.15, -0.1) is 0 Å². The van der Waals surface area contributed by atoms with Gasteiger partial charge < -0.3 is 20.2 Å². The minimum atomic E-state index is -0.131. The van der Waals surface area contributed by atoms with Gasteiger partial charge in [-0.05, 0) is 79.7 Å². The summed E-state index contributed by atoms with van der Waals surface area (Å²) in [5.41, 5.74) is 7.51. The van der Waals surface area contributed by atoms with Crippen molar-refractivity contribution in [2.45, 2.75) is 25.8 Å². The van der Waals surface area contributed by atoms with Gasteiger partial charge in [0.1, 0.15) is 11.4 Å². The Morgan fingerprint density at radius 3 is 2.53 bits per heavy atom. The topological polar surface area (TPSA) is 76.8 Å². The molecule has 3 N–H and O–H groups in total. The third kappa shape index (κ3) is 3.52. The van der Waals surface area contributed by atoms with Crippen LogP contribution in [-0.2, 0) is 0 Å². The van der Waals surface area contributed by atoms with Crippen LogP contribution in [0.1, 0.15) is 18.4 Å². The smallest absolute Gasteiger partial charge is 0.261 e. The van der Waals surface area contributed by atoms with Crippen molar-refractivity contribution in [1.29, 1.82) is 0 Å². The van der Waals surface area contributed by atoms with Crippen LogP contribution in [0, 0.1) is 12.8 Å². The van der Waals surface area contributed by atoms with Crippen molar-refractivity contribution in [3.63, 3.8) is 0 Å². The molecule has 180 valence electrons. The maximum Gasteiger partial charge on any atom is 0.261 e. The van der Waals surface area contributed by atoms with E-state index in [-0.39, 0.29) is 5.56 Å². The quantitative estimate of drug-likeness (QED) is 0.318. The first kappa shape index (κ1) is 21.4. The molecule has 1 atom stereocenters. The highest BCUT2D eigenvalue weighted by molar-refractivity contribution is 6.01. The number of piperidine rings is 3. The van der Waals surface area contributed by atoms with E-state index in [1.807, 2.05) is 30.3 Å². The van der Waals surface area contributed by atoms with Gasteiger partial charge in [-0.3, -0.25) is 4.79 Å². The Labute approximate surface area is 209 Å². The number of aryl methyl sites for hydroxylation is 1. The van der Waals surface area contributed by atoms with Crippen LogP contribution in [0.25, 0.3) is 44.5 Å². The van der Waals surface area contributed by atoms with E-state index in [1.165, 1.54) is 37.1 Å². The Hall–Kier alpha value is -3.90. The molecule has 0 unspecified atom stereocenters. The zero-order valence-electron chi connectivity index (χ0n) is 20.3. The van der Waals surface area contributed by atoms with Gasteiger partial charge >= 0.3 is 0 Å². The Balaban J connectivity index is 1.46. The third-order valence-corrected chi connectivity index (χ3v) is 8.08. The molecule has 0 aliphatic carbocycles. The van der Waals surface area contributed by atoms with Crippen LogP contribution in [-0.4, -0.2) is 45.5 Å². The molecule has 5 heterocycles. The minimum absolute atomic E-state index is 0.131. The molecule has 2 bridgehead atoms. The molecule has 5 aromatic rings. The first-order valence-corrected chi connectivity index (χ1v) is 12.8. The van der Waals surface area contributed by atoms with E-state index >= 15 is 0 Å². The second kappa shape index (κ2) is 8.35. The number of imidazole rings is 1. The minimum Gasteiger partial charge on any atom is -0.379 e. The van der Waals surface area contributed by atoms with Gasteiger partial charge in [0.25, 0.3) is 5.56 Å². The maximum absolute atomic E-state index is 13.6. The molecule has 0 radical (unpaired) electrons. The molecule has 6 heteroatoms. The van der Waals surface area contributed by atoms with E-state index in [4.69, 9.17) is 4.98 Å². The lowest BCUT2D eigenvalue weighted by molar-refractivity contribution is 0.0976. The van der Waals surface area contributed by atoms with Gasteiger partial charge in [-0.1, -0.05) is 42.5 Å². The second-order valence-corrected chi connectivity index (χ2v) is 10.3. The number of para-hydroxylation sites is 2. The average Bonchev–Trinajstić information content (AvgIpc) is 3.33. The number of aromatic nitrogens is 3. The van der Waals surface area contributed by atoms with E-state index in [1.54, 1.807) is 0 Å². The van der Waals surface area contributed by atoms with Crippen molar-refractivity contribution in [1.82, 2.24) is 19.9 Å². The Morgan fingerprint density at radius 2 is 1.75 bits per heavy atom. The highest BCUT2D eigenvalue weighted by Crippen LogP contribution is 2.37. The molecule has 6 nitrogen and oxygen atoms in total. The Morgan fingerprint density at radius 1 is 0.944 bits per heavy atom. The summed E-state index contributed by atoms with van der Waals surface area (Å²) in [6.45, 7) is 5.49. The Bertz CT molecular complexity index is 1620. The first-order valence-electron chi connectivity index (χ1n) is 12.8. The number of fused-ring (bicyclic) bond motifs is 5. The van der Waals surface area contributed by atoms with Crippen LogP contribution in [0.4, 0.5) is 5.69 Å². The summed E-state index contributed by atoms with van der Waals surface area (Å²) in [6.07, 6.45) is 2.40. The number of hydrogen-bond acceptors (Lipinski definition) is 4. The van der Waals surface area contributed by atoms with E-state index in [9.17, 15) is 4.79 Å². The molecule has 36 heavy (non-hydrogen) atoms. The summed E-state index contributed by atoms with van der Waals surface area (Å²) < 4.78 is 0. The van der Waals surface area contributed by atoms with E-state index < -0.39 is 0 Å². The fraction of sp³-hybridized carbons (Fsp3) is 0.267. The number of nitrogens with one attached hydrogen (secondary N) is 3. The number of hydrogen-bond donors (Lipinski definition) is 3. The lowest BCUT2D eigenvalue weighted by Gasteiger charge is -2.45. The largest absolute Gasteiger partial charge is 0.379 e. The van der Waals surface area contributed by atoms with Crippen LogP contribution >= 0.6 is 0 Å². The Kier molecular flexibility index (Phi) is 4.96. The van der Waals surface area contributed by atoms with Crippen molar-refractivity contribution < 1.29 is 0 Å². The maximum atomic E-state index is 13.6. The van der Waals surface area contributed by atoms with Gasteiger partial charge in [0.15, 0.2) is 0 Å². The van der Waals surface area contributed by atoms with E-state index in [0.29, 0.717) is 23.3 Å². The summed E-state index contributed by atoms with van der Waals surface area (Å²) in [6, 6.07) is 23.0. The molecular formula is C30H29N5O. The molecular weight excluding hydrogens is 446 g/mol. The summed E-state index contributed by atoms with van der Waals surface area (Å²) in [4.78, 5) is 27.5. The summed E-state index contributed by atoms with van der Waals surface area (Å²) in [5.74, 6) is 1.22. The molecule has 3 aliphatic rings. The van der Waals surface area contributed by atoms with Crippen LogP contribution in [0.3, 0.4) is 0 Å². The SMILES string of the molecule is Cc1ccccc1-c1ccc2[nH]c(=O)c(-c3nc4ccccc4[nH]3)c(N[C@H]3CN4CCC3CC4)c2c1. The van der Waals surface area contributed by atoms with Gasteiger partial charge in [0.05, 0.1) is 22.2 Å². The van der Waals surface area contributed by atoms with Crippen molar-refractivity contribution in [3.8, 4) is 22.5 Å². The van der Waals surface area contributed by atoms with Crippen LogP contribution in [0.2, 0.25) is 0 Å². The van der Waals surface area contributed by atoms with Gasteiger partial charge in [-0.25, -0.2) is 4.98 Å². The fourth-order valence-electron chi connectivity index (χ4n) is 6.12. The summed E-state index contributed by atoms with van der Waals surface area (Å²) in [7, 11) is 0. The number of H-pyrrole nitrogens is 2. The molecule has 3 aromatic carbocycles. The number of rotatable bonds is 4. The van der Waals surface area contributed by atoms with E-state index in [0.717, 1.165) is 39.7 Å². The second-order valence-electron chi connectivity index (χ2n) is 10.3. The van der Waals surface area contributed by atoms with Crippen LogP contribution in [0.15, 0.2) is 71.5 Å². The molecule has 3 aliphatic heterocycles. The molecule has 0 amide bonds. The zero-order valence-corrected chi connectivity index (χ0v) is 20.3. The molecule has 2 aromatic heterocycles. The van der Waals surface area contributed by atoms with Crippen LogP contribution in [0.5, 0.6) is 0 Å². The molecule has 8 rings (SSSR count).